The predicted molar refractivity (Wildman–Crippen MR) is 96.5 cm³/mol. The minimum absolute atomic E-state index is 0.114. The summed E-state index contributed by atoms with van der Waals surface area (Å²) in [6.07, 6.45) is 12.1. The van der Waals surface area contributed by atoms with Crippen LogP contribution in [0.3, 0.4) is 0 Å². The zero-order chi connectivity index (χ0) is 17.2. The molecular weight excluding hydrogens is 288 g/mol. The Bertz CT molecular complexity index is 466. The topological polar surface area (TPSA) is 60.7 Å². The van der Waals surface area contributed by atoms with Crippen molar-refractivity contribution in [1.82, 2.24) is 0 Å². The van der Waals surface area contributed by atoms with Crippen LogP contribution in [0.1, 0.15) is 95.6 Å². The molecule has 3 heteroatoms. The molecule has 0 fully saturated rings. The van der Waals surface area contributed by atoms with E-state index in [1.54, 1.807) is 0 Å². The van der Waals surface area contributed by atoms with Gasteiger partial charge in [0.15, 0.2) is 11.5 Å². The second-order valence-electron chi connectivity index (χ2n) is 6.90. The van der Waals surface area contributed by atoms with Crippen LogP contribution in [0.25, 0.3) is 0 Å². The number of unbranched alkanes of at least 4 members (excludes halogenated alkanes) is 8. The summed E-state index contributed by atoms with van der Waals surface area (Å²) < 4.78 is 0. The van der Waals surface area contributed by atoms with Gasteiger partial charge in [-0.2, -0.15) is 0 Å². The highest BCUT2D eigenvalue weighted by Gasteiger charge is 2.18. The second-order valence-corrected chi connectivity index (χ2v) is 6.90. The second kappa shape index (κ2) is 10.4. The molecule has 0 spiro atoms. The van der Waals surface area contributed by atoms with Crippen molar-refractivity contribution in [1.29, 1.82) is 0 Å². The van der Waals surface area contributed by atoms with Crippen LogP contribution in [0.4, 0.5) is 0 Å². The maximum atomic E-state index is 10.00. The van der Waals surface area contributed by atoms with Crippen LogP contribution in [0.2, 0.25) is 0 Å². The first-order valence-corrected chi connectivity index (χ1v) is 9.25. The predicted octanol–water partition coefficient (Wildman–Crippen LogP) is 6.00. The molecule has 1 aromatic rings. The average Bonchev–Trinajstić information content (AvgIpc) is 2.52. The molecule has 0 aliphatic heterocycles. The van der Waals surface area contributed by atoms with Crippen LogP contribution < -0.4 is 0 Å². The molecule has 1 rings (SSSR count). The fourth-order valence-electron chi connectivity index (χ4n) is 2.98. The molecule has 0 aromatic heterocycles. The Balaban J connectivity index is 2.38. The first-order valence-electron chi connectivity index (χ1n) is 9.25. The first-order chi connectivity index (χ1) is 11.0. The summed E-state index contributed by atoms with van der Waals surface area (Å²) in [7, 11) is 0. The Hall–Kier alpha value is -1.38. The van der Waals surface area contributed by atoms with Crippen LogP contribution in [-0.4, -0.2) is 15.3 Å². The highest BCUT2D eigenvalue weighted by atomic mass is 16.3. The van der Waals surface area contributed by atoms with Gasteiger partial charge < -0.3 is 15.3 Å². The van der Waals surface area contributed by atoms with Crippen LogP contribution in [-0.2, 0) is 6.42 Å². The van der Waals surface area contributed by atoms with E-state index in [-0.39, 0.29) is 23.2 Å². The standard InChI is InChI=1S/C20H34O3/c1-4-5-6-7-8-9-10-11-12-13-16-14-17(15(2)3)19(22)20(23)18(16)21/h14-15,21-23H,4-13H2,1-3H3. The van der Waals surface area contributed by atoms with Crippen molar-refractivity contribution in [3.63, 3.8) is 0 Å². The number of aryl methyl sites for hydroxylation is 1. The van der Waals surface area contributed by atoms with E-state index in [2.05, 4.69) is 6.92 Å². The number of benzene rings is 1. The van der Waals surface area contributed by atoms with Crippen LogP contribution in [0.15, 0.2) is 6.07 Å². The first kappa shape index (κ1) is 19.7. The van der Waals surface area contributed by atoms with E-state index in [0.717, 1.165) is 24.8 Å². The van der Waals surface area contributed by atoms with Crippen molar-refractivity contribution < 1.29 is 15.3 Å². The number of phenolic OH excluding ortho intramolecular Hbond substituents is 3. The molecule has 0 heterocycles. The smallest absolute Gasteiger partial charge is 0.200 e. The van der Waals surface area contributed by atoms with Gasteiger partial charge in [0, 0.05) is 5.56 Å². The van der Waals surface area contributed by atoms with Crippen molar-refractivity contribution in [3.05, 3.63) is 17.2 Å². The quantitative estimate of drug-likeness (QED) is 0.346. The zero-order valence-electron chi connectivity index (χ0n) is 15.1. The molecule has 0 aliphatic rings. The molecule has 0 atom stereocenters. The van der Waals surface area contributed by atoms with Gasteiger partial charge in [-0.05, 0) is 30.4 Å². The average molecular weight is 322 g/mol. The molecule has 0 bridgehead atoms. The minimum atomic E-state index is -0.373. The third-order valence-electron chi connectivity index (χ3n) is 4.53. The van der Waals surface area contributed by atoms with E-state index in [4.69, 9.17) is 0 Å². The Morgan fingerprint density at radius 3 is 1.78 bits per heavy atom. The Labute approximate surface area is 141 Å². The SMILES string of the molecule is CCCCCCCCCCCc1cc(C(C)C)c(O)c(O)c1O. The highest BCUT2D eigenvalue weighted by Crippen LogP contribution is 2.43. The summed E-state index contributed by atoms with van der Waals surface area (Å²) in [5, 5.41) is 29.8. The molecule has 0 amide bonds. The summed E-state index contributed by atoms with van der Waals surface area (Å²) in [5.41, 5.74) is 1.44. The van der Waals surface area contributed by atoms with Crippen molar-refractivity contribution in [2.24, 2.45) is 0 Å². The van der Waals surface area contributed by atoms with Crippen molar-refractivity contribution in [3.8, 4) is 17.2 Å². The van der Waals surface area contributed by atoms with Gasteiger partial charge in [0.05, 0.1) is 0 Å². The highest BCUT2D eigenvalue weighted by molar-refractivity contribution is 5.58. The van der Waals surface area contributed by atoms with Gasteiger partial charge in [-0.15, -0.1) is 0 Å². The molecule has 3 nitrogen and oxygen atoms in total. The monoisotopic (exact) mass is 322 g/mol. The lowest BCUT2D eigenvalue weighted by atomic mass is 9.95. The third kappa shape index (κ3) is 6.32. The fourth-order valence-corrected chi connectivity index (χ4v) is 2.98. The molecule has 0 unspecified atom stereocenters. The zero-order valence-corrected chi connectivity index (χ0v) is 15.1. The maximum absolute atomic E-state index is 10.00. The van der Waals surface area contributed by atoms with E-state index in [0.29, 0.717) is 5.56 Å². The third-order valence-corrected chi connectivity index (χ3v) is 4.53. The van der Waals surface area contributed by atoms with E-state index >= 15 is 0 Å². The summed E-state index contributed by atoms with van der Waals surface area (Å²) in [5.74, 6) is -0.606. The molecule has 0 radical (unpaired) electrons. The lowest BCUT2D eigenvalue weighted by Crippen LogP contribution is -1.95. The molecule has 0 saturated carbocycles. The molecule has 0 saturated heterocycles. The molecule has 3 N–H and O–H groups in total. The van der Waals surface area contributed by atoms with Gasteiger partial charge in [0.25, 0.3) is 0 Å². The van der Waals surface area contributed by atoms with Crippen molar-refractivity contribution in [2.45, 2.75) is 90.9 Å². The summed E-state index contributed by atoms with van der Waals surface area (Å²) >= 11 is 0. The number of rotatable bonds is 11. The van der Waals surface area contributed by atoms with Gasteiger partial charge in [0.1, 0.15) is 0 Å². The van der Waals surface area contributed by atoms with Gasteiger partial charge in [-0.25, -0.2) is 0 Å². The minimum Gasteiger partial charge on any atom is -0.504 e. The van der Waals surface area contributed by atoms with Gasteiger partial charge in [-0.3, -0.25) is 0 Å². The molecule has 0 aliphatic carbocycles. The Morgan fingerprint density at radius 2 is 1.26 bits per heavy atom. The summed E-state index contributed by atoms with van der Waals surface area (Å²) in [6.45, 7) is 6.17. The van der Waals surface area contributed by atoms with E-state index in [1.807, 2.05) is 19.9 Å². The maximum Gasteiger partial charge on any atom is 0.200 e. The molecule has 132 valence electrons. The van der Waals surface area contributed by atoms with E-state index in [1.165, 1.54) is 44.9 Å². The number of hydrogen-bond donors (Lipinski definition) is 3. The largest absolute Gasteiger partial charge is 0.504 e. The number of phenols is 3. The molecule has 23 heavy (non-hydrogen) atoms. The Kier molecular flexibility index (Phi) is 8.90. The van der Waals surface area contributed by atoms with Crippen LogP contribution in [0.5, 0.6) is 17.2 Å². The van der Waals surface area contributed by atoms with Crippen molar-refractivity contribution in [2.75, 3.05) is 0 Å². The van der Waals surface area contributed by atoms with E-state index in [9.17, 15) is 15.3 Å². The summed E-state index contributed by atoms with van der Waals surface area (Å²) in [6, 6.07) is 1.83. The van der Waals surface area contributed by atoms with Gasteiger partial charge >= 0.3 is 0 Å². The molecule has 1 aromatic carbocycles. The van der Waals surface area contributed by atoms with Crippen molar-refractivity contribution >= 4 is 0 Å². The van der Waals surface area contributed by atoms with Gasteiger partial charge in [-0.1, -0.05) is 72.1 Å². The fraction of sp³-hybridized carbons (Fsp3) is 0.700. The van der Waals surface area contributed by atoms with E-state index < -0.39 is 0 Å². The van der Waals surface area contributed by atoms with Crippen LogP contribution >= 0.6 is 0 Å². The summed E-state index contributed by atoms with van der Waals surface area (Å²) in [4.78, 5) is 0. The number of aromatic hydroxyl groups is 3. The normalized spacial score (nSPS) is 11.3. The lowest BCUT2D eigenvalue weighted by molar-refractivity contribution is 0.360. The van der Waals surface area contributed by atoms with Gasteiger partial charge in [0.2, 0.25) is 5.75 Å². The van der Waals surface area contributed by atoms with Crippen LogP contribution in [0, 0.1) is 0 Å². The number of hydrogen-bond acceptors (Lipinski definition) is 3. The Morgan fingerprint density at radius 1 is 0.739 bits per heavy atom. The lowest BCUT2D eigenvalue weighted by Gasteiger charge is -2.14. The molecular formula is C20H34O3.